The lowest BCUT2D eigenvalue weighted by Gasteiger charge is -2.06. The Balaban J connectivity index is 2.16. The molecule has 94 valence electrons. The van der Waals surface area contributed by atoms with Crippen LogP contribution in [0.2, 0.25) is 0 Å². The van der Waals surface area contributed by atoms with Crippen molar-refractivity contribution in [1.82, 2.24) is 9.97 Å². The zero-order chi connectivity index (χ0) is 13.8. The fraction of sp³-hybridized carbons (Fsp3) is 0.0769. The molecular formula is C13H11N5O. The van der Waals surface area contributed by atoms with Crippen molar-refractivity contribution in [2.45, 2.75) is 6.92 Å². The number of nitrogen functional groups attached to an aromatic ring is 1. The molecule has 0 spiro atoms. The molecule has 0 unspecified atom stereocenters. The number of nitrogens with one attached hydrogen (secondary N) is 1. The number of nitrogens with zero attached hydrogens (tertiary/aromatic N) is 3. The molecule has 2 aromatic heterocycles. The van der Waals surface area contributed by atoms with Crippen molar-refractivity contribution in [3.63, 3.8) is 0 Å². The Kier molecular flexibility index (Phi) is 3.39. The maximum Gasteiger partial charge on any atom is 0.275 e. The molecule has 2 rings (SSSR count). The molecule has 0 aromatic carbocycles. The first-order valence-corrected chi connectivity index (χ1v) is 5.50. The molecule has 0 bridgehead atoms. The lowest BCUT2D eigenvalue weighted by Crippen LogP contribution is -2.14. The quantitative estimate of drug-likeness (QED) is 0.843. The number of nitrogens with two attached hydrogens (primary N) is 1. The molecule has 3 N–H and O–H groups in total. The molecule has 6 heteroatoms. The molecule has 1 amide bonds. The molecular weight excluding hydrogens is 242 g/mol. The van der Waals surface area contributed by atoms with Crippen molar-refractivity contribution in [3.05, 3.63) is 47.4 Å². The van der Waals surface area contributed by atoms with Crippen molar-refractivity contribution < 1.29 is 4.79 Å². The summed E-state index contributed by atoms with van der Waals surface area (Å²) >= 11 is 0. The van der Waals surface area contributed by atoms with E-state index in [2.05, 4.69) is 15.3 Å². The summed E-state index contributed by atoms with van der Waals surface area (Å²) in [4.78, 5) is 19.8. The lowest BCUT2D eigenvalue weighted by molar-refractivity contribution is 0.102. The average molecular weight is 253 g/mol. The van der Waals surface area contributed by atoms with Crippen LogP contribution in [-0.4, -0.2) is 15.9 Å². The maximum atomic E-state index is 11.9. The van der Waals surface area contributed by atoms with Crippen molar-refractivity contribution >= 4 is 17.4 Å². The second-order valence-electron chi connectivity index (χ2n) is 3.92. The first-order valence-electron chi connectivity index (χ1n) is 5.50. The molecule has 6 nitrogen and oxygen atoms in total. The highest BCUT2D eigenvalue weighted by Crippen LogP contribution is 2.13. The fourth-order valence-electron chi connectivity index (χ4n) is 1.41. The van der Waals surface area contributed by atoms with E-state index < -0.39 is 0 Å². The SMILES string of the molecule is Cc1cc(NC(=O)c2ccc(C#N)cn2)ncc1N. The van der Waals surface area contributed by atoms with Crippen molar-refractivity contribution in [1.29, 1.82) is 5.26 Å². The monoisotopic (exact) mass is 253 g/mol. The highest BCUT2D eigenvalue weighted by atomic mass is 16.1. The van der Waals surface area contributed by atoms with E-state index in [0.29, 0.717) is 17.1 Å². The van der Waals surface area contributed by atoms with Gasteiger partial charge in [-0.1, -0.05) is 0 Å². The molecule has 0 aliphatic rings. The number of carbonyl (C=O) groups excluding carboxylic acids is 1. The van der Waals surface area contributed by atoms with E-state index in [1.807, 2.05) is 13.0 Å². The Labute approximate surface area is 109 Å². The number of rotatable bonds is 2. The van der Waals surface area contributed by atoms with Gasteiger partial charge < -0.3 is 11.1 Å². The second kappa shape index (κ2) is 5.14. The Morgan fingerprint density at radius 1 is 1.37 bits per heavy atom. The van der Waals surface area contributed by atoms with Crippen LogP contribution in [0.1, 0.15) is 21.6 Å². The standard InChI is InChI=1S/C13H11N5O/c1-8-4-12(17-7-10(8)15)18-13(19)11-3-2-9(5-14)6-16-11/h2-4,6-7H,15H2,1H3,(H,17,18,19). The number of amides is 1. The maximum absolute atomic E-state index is 11.9. The van der Waals surface area contributed by atoms with Gasteiger partial charge in [-0.3, -0.25) is 4.79 Å². The molecule has 0 aliphatic heterocycles. The largest absolute Gasteiger partial charge is 0.397 e. The molecule has 2 aromatic rings. The Morgan fingerprint density at radius 3 is 2.74 bits per heavy atom. The summed E-state index contributed by atoms with van der Waals surface area (Å²) in [6, 6.07) is 6.63. The van der Waals surface area contributed by atoms with Crippen LogP contribution in [0.15, 0.2) is 30.6 Å². The van der Waals surface area contributed by atoms with Gasteiger partial charge in [-0.2, -0.15) is 5.26 Å². The van der Waals surface area contributed by atoms with Gasteiger partial charge in [-0.25, -0.2) is 9.97 Å². The number of carbonyl (C=O) groups is 1. The van der Waals surface area contributed by atoms with E-state index in [4.69, 9.17) is 11.0 Å². The predicted molar refractivity (Wildman–Crippen MR) is 70.3 cm³/mol. The highest BCUT2D eigenvalue weighted by molar-refractivity contribution is 6.02. The van der Waals surface area contributed by atoms with Crippen LogP contribution in [0.5, 0.6) is 0 Å². The first kappa shape index (κ1) is 12.5. The molecule has 0 radical (unpaired) electrons. The molecule has 0 saturated heterocycles. The van der Waals surface area contributed by atoms with Crippen LogP contribution in [0.25, 0.3) is 0 Å². The van der Waals surface area contributed by atoms with Gasteiger partial charge in [0.05, 0.1) is 17.4 Å². The van der Waals surface area contributed by atoms with E-state index in [9.17, 15) is 4.79 Å². The van der Waals surface area contributed by atoms with E-state index in [0.717, 1.165) is 5.56 Å². The van der Waals surface area contributed by atoms with E-state index in [-0.39, 0.29) is 11.6 Å². The number of anilines is 2. The third kappa shape index (κ3) is 2.84. The topological polar surface area (TPSA) is 105 Å². The molecule has 0 saturated carbocycles. The number of aromatic nitrogens is 2. The molecule has 2 heterocycles. The van der Waals surface area contributed by atoms with Crippen molar-refractivity contribution in [2.75, 3.05) is 11.1 Å². The predicted octanol–water partition coefficient (Wildman–Crippen LogP) is 1.49. The zero-order valence-corrected chi connectivity index (χ0v) is 10.2. The Hall–Kier alpha value is -2.94. The van der Waals surface area contributed by atoms with Crippen LogP contribution in [0.4, 0.5) is 11.5 Å². The summed E-state index contributed by atoms with van der Waals surface area (Å²) in [6.45, 7) is 1.83. The lowest BCUT2D eigenvalue weighted by atomic mass is 10.2. The fourth-order valence-corrected chi connectivity index (χ4v) is 1.41. The van der Waals surface area contributed by atoms with Gasteiger partial charge in [0.15, 0.2) is 0 Å². The average Bonchev–Trinajstić information content (AvgIpc) is 2.43. The van der Waals surface area contributed by atoms with Crippen LogP contribution in [-0.2, 0) is 0 Å². The summed E-state index contributed by atoms with van der Waals surface area (Å²) in [5.74, 6) is 0.0176. The molecule has 0 fully saturated rings. The summed E-state index contributed by atoms with van der Waals surface area (Å²) in [7, 11) is 0. The van der Waals surface area contributed by atoms with Crippen LogP contribution < -0.4 is 11.1 Å². The molecule has 0 aliphatic carbocycles. The molecule has 19 heavy (non-hydrogen) atoms. The minimum Gasteiger partial charge on any atom is -0.397 e. The van der Waals surface area contributed by atoms with Gasteiger partial charge in [-0.05, 0) is 30.7 Å². The summed E-state index contributed by atoms with van der Waals surface area (Å²) in [5, 5.41) is 11.3. The number of hydrogen-bond donors (Lipinski definition) is 2. The third-order valence-electron chi connectivity index (χ3n) is 2.52. The van der Waals surface area contributed by atoms with Crippen molar-refractivity contribution in [2.24, 2.45) is 0 Å². The number of hydrogen-bond acceptors (Lipinski definition) is 5. The minimum absolute atomic E-state index is 0.218. The van der Waals surface area contributed by atoms with Gasteiger partial charge in [0, 0.05) is 6.20 Å². The van der Waals surface area contributed by atoms with Gasteiger partial charge in [0.25, 0.3) is 5.91 Å². The van der Waals surface area contributed by atoms with Gasteiger partial charge in [-0.15, -0.1) is 0 Å². The second-order valence-corrected chi connectivity index (χ2v) is 3.92. The highest BCUT2D eigenvalue weighted by Gasteiger charge is 2.09. The van der Waals surface area contributed by atoms with Crippen LogP contribution in [0, 0.1) is 18.3 Å². The first-order chi connectivity index (χ1) is 9.10. The van der Waals surface area contributed by atoms with E-state index >= 15 is 0 Å². The zero-order valence-electron chi connectivity index (χ0n) is 10.2. The molecule has 0 atom stereocenters. The smallest absolute Gasteiger partial charge is 0.275 e. The van der Waals surface area contributed by atoms with Gasteiger partial charge in [0.1, 0.15) is 17.6 Å². The van der Waals surface area contributed by atoms with E-state index in [1.54, 1.807) is 6.07 Å². The Morgan fingerprint density at radius 2 is 2.16 bits per heavy atom. The third-order valence-corrected chi connectivity index (χ3v) is 2.52. The summed E-state index contributed by atoms with van der Waals surface area (Å²) in [5.41, 5.74) is 7.66. The van der Waals surface area contributed by atoms with Gasteiger partial charge >= 0.3 is 0 Å². The van der Waals surface area contributed by atoms with Crippen molar-refractivity contribution in [3.8, 4) is 6.07 Å². The van der Waals surface area contributed by atoms with Gasteiger partial charge in [0.2, 0.25) is 0 Å². The summed E-state index contributed by atoms with van der Waals surface area (Å²) < 4.78 is 0. The number of pyridine rings is 2. The van der Waals surface area contributed by atoms with Crippen LogP contribution >= 0.6 is 0 Å². The van der Waals surface area contributed by atoms with E-state index in [1.165, 1.54) is 24.5 Å². The number of nitriles is 1. The normalized spacial score (nSPS) is 9.68. The number of aryl methyl sites for hydroxylation is 1. The minimum atomic E-state index is -0.388. The summed E-state index contributed by atoms with van der Waals surface area (Å²) in [6.07, 6.45) is 2.83. The van der Waals surface area contributed by atoms with Crippen LogP contribution in [0.3, 0.4) is 0 Å². The Bertz CT molecular complexity index is 658.